The first kappa shape index (κ1) is 19.0. The van der Waals surface area contributed by atoms with E-state index >= 15 is 0 Å². The first-order valence-corrected chi connectivity index (χ1v) is 10.6. The van der Waals surface area contributed by atoms with Crippen molar-refractivity contribution in [2.45, 2.75) is 39.2 Å². The lowest BCUT2D eigenvalue weighted by molar-refractivity contribution is -0.333. The van der Waals surface area contributed by atoms with E-state index in [1.54, 1.807) is 0 Å². The average molecular weight is 407 g/mol. The maximum absolute atomic E-state index is 13.6. The highest BCUT2D eigenvalue weighted by Gasteiger charge is 2.66. The smallest absolute Gasteiger partial charge is 0.273 e. The highest BCUT2D eigenvalue weighted by atomic mass is 16.2. The molecule has 1 spiro atoms. The van der Waals surface area contributed by atoms with Gasteiger partial charge in [-0.15, -0.1) is 0 Å². The number of carbonyl (C=O) groups is 3. The molecule has 4 heterocycles. The van der Waals surface area contributed by atoms with Crippen LogP contribution in [-0.4, -0.2) is 54.3 Å². The molecule has 0 aliphatic carbocycles. The van der Waals surface area contributed by atoms with Crippen molar-refractivity contribution >= 4 is 34.6 Å². The molecule has 7 heteroatoms. The van der Waals surface area contributed by atoms with E-state index in [4.69, 9.17) is 0 Å². The number of carbonyl (C=O) groups excluding carboxylic acids is 3. The number of H-pyrrole nitrogens is 1. The summed E-state index contributed by atoms with van der Waals surface area (Å²) in [6, 6.07) is 7.53. The van der Waals surface area contributed by atoms with Crippen LogP contribution in [0.4, 0.5) is 10.6 Å². The highest BCUT2D eigenvalue weighted by molar-refractivity contribution is 6.20. The molecule has 4 amide bonds. The van der Waals surface area contributed by atoms with Crippen molar-refractivity contribution in [3.63, 3.8) is 0 Å². The molecule has 5 rings (SSSR count). The number of piperidine rings is 1. The molecule has 3 aliphatic heterocycles. The Labute approximate surface area is 175 Å². The van der Waals surface area contributed by atoms with Gasteiger partial charge in [0, 0.05) is 31.5 Å². The van der Waals surface area contributed by atoms with Crippen molar-refractivity contribution in [2.24, 2.45) is 11.3 Å². The zero-order chi connectivity index (χ0) is 21.4. The molecule has 7 nitrogen and oxygen atoms in total. The number of aryl methyl sites for hydroxylation is 1. The van der Waals surface area contributed by atoms with Crippen molar-refractivity contribution in [2.75, 3.05) is 25.5 Å². The fourth-order valence-corrected chi connectivity index (χ4v) is 5.59. The maximum atomic E-state index is 13.6. The number of barbiturate groups is 1. The van der Waals surface area contributed by atoms with Crippen LogP contribution in [-0.2, 0) is 16.0 Å². The second-order valence-corrected chi connectivity index (χ2v) is 9.23. The van der Waals surface area contributed by atoms with Crippen LogP contribution >= 0.6 is 0 Å². The van der Waals surface area contributed by atoms with Crippen LogP contribution in [0.25, 0.3) is 10.9 Å². The summed E-state index contributed by atoms with van der Waals surface area (Å²) in [6.07, 6.45) is 2.04. The van der Waals surface area contributed by atoms with Gasteiger partial charge in [0.1, 0.15) is 11.6 Å². The zero-order valence-corrected chi connectivity index (χ0v) is 17.9. The molecule has 2 aromatic rings. The summed E-state index contributed by atoms with van der Waals surface area (Å²) in [5.74, 6) is 0.641. The summed E-state index contributed by atoms with van der Waals surface area (Å²) in [7, 11) is 2.97. The summed E-state index contributed by atoms with van der Waals surface area (Å²) < 4.78 is 0. The zero-order valence-electron chi connectivity index (χ0n) is 17.9. The Morgan fingerprint density at radius 1 is 1.07 bits per heavy atom. The minimum atomic E-state index is -1.27. The molecule has 156 valence electrons. The number of benzene rings is 1. The van der Waals surface area contributed by atoms with Gasteiger partial charge in [-0.3, -0.25) is 24.3 Å². The van der Waals surface area contributed by atoms with Crippen molar-refractivity contribution < 1.29 is 19.4 Å². The number of nitrogens with zero attached hydrogens (tertiary/aromatic N) is 3. The van der Waals surface area contributed by atoms with E-state index in [2.05, 4.69) is 41.1 Å². The minimum absolute atomic E-state index is 0.272. The molecule has 1 aromatic carbocycles. The van der Waals surface area contributed by atoms with Gasteiger partial charge in [-0.05, 0) is 43.9 Å². The lowest BCUT2D eigenvalue weighted by Crippen LogP contribution is -2.72. The fraction of sp³-hybridized carbons (Fsp3) is 0.478. The van der Waals surface area contributed by atoms with Gasteiger partial charge in [0.15, 0.2) is 5.41 Å². The molecule has 2 saturated heterocycles. The Hall–Kier alpha value is -2.96. The van der Waals surface area contributed by atoms with E-state index in [1.807, 2.05) is 6.92 Å². The number of urea groups is 1. The molecule has 0 bridgehead atoms. The standard InChI is InChI=1S/C23H26N4O3/c1-13-5-6-17-15(9-13)11-16-12-23(20(28)25(3)22(30)26(4)21(23)29)18-10-14(2)7-8-27(18)19(16)24-17/h5-6,9,11,14,18H,7-8,10,12H2,1-4H3/p+1/t14-,18+/m1/s1. The van der Waals surface area contributed by atoms with Crippen LogP contribution in [0.5, 0.6) is 0 Å². The van der Waals surface area contributed by atoms with Crippen LogP contribution in [0.1, 0.15) is 30.9 Å². The Morgan fingerprint density at radius 3 is 2.47 bits per heavy atom. The Bertz CT molecular complexity index is 1090. The van der Waals surface area contributed by atoms with Gasteiger partial charge in [0.05, 0.1) is 6.54 Å². The predicted molar refractivity (Wildman–Crippen MR) is 112 cm³/mol. The Kier molecular flexibility index (Phi) is 3.98. The quantitative estimate of drug-likeness (QED) is 0.627. The summed E-state index contributed by atoms with van der Waals surface area (Å²) in [4.78, 5) is 47.6. The van der Waals surface area contributed by atoms with Gasteiger partial charge in [-0.1, -0.05) is 18.6 Å². The van der Waals surface area contributed by atoms with Crippen molar-refractivity contribution in [1.82, 2.24) is 9.80 Å². The van der Waals surface area contributed by atoms with E-state index in [-0.39, 0.29) is 17.9 Å². The number of aromatic nitrogens is 1. The van der Waals surface area contributed by atoms with Gasteiger partial charge >= 0.3 is 6.03 Å². The molecule has 2 fully saturated rings. The van der Waals surface area contributed by atoms with Gasteiger partial charge in [-0.2, -0.15) is 0 Å². The molecule has 30 heavy (non-hydrogen) atoms. The summed E-state index contributed by atoms with van der Waals surface area (Å²) in [6.45, 7) is 4.99. The Balaban J connectivity index is 1.75. The van der Waals surface area contributed by atoms with Gasteiger partial charge in [0.2, 0.25) is 0 Å². The highest BCUT2D eigenvalue weighted by Crippen LogP contribution is 2.48. The van der Waals surface area contributed by atoms with Crippen LogP contribution in [0, 0.1) is 18.3 Å². The SMILES string of the molecule is Cc1ccc2[nH+]c3c(cc2c1)CC1(C(=O)N(C)C(=O)N(C)C1=O)[C@@H]1C[C@H](C)CCN31. The van der Waals surface area contributed by atoms with E-state index in [0.29, 0.717) is 12.3 Å². The molecule has 1 N–H and O–H groups in total. The topological polar surface area (TPSA) is 75.1 Å². The third-order valence-electron chi connectivity index (χ3n) is 7.23. The fourth-order valence-electron chi connectivity index (χ4n) is 5.59. The average Bonchev–Trinajstić information content (AvgIpc) is 2.73. The van der Waals surface area contributed by atoms with Crippen molar-refractivity contribution in [1.29, 1.82) is 0 Å². The number of anilines is 1. The first-order chi connectivity index (χ1) is 14.2. The second kappa shape index (κ2) is 6.27. The number of rotatable bonds is 0. The van der Waals surface area contributed by atoms with Crippen LogP contribution in [0.15, 0.2) is 24.3 Å². The largest absolute Gasteiger partial charge is 0.332 e. The number of aromatic amines is 1. The lowest BCUT2D eigenvalue weighted by Gasteiger charge is -2.51. The molecular formula is C23H27N4O3+. The van der Waals surface area contributed by atoms with Crippen molar-refractivity contribution in [3.8, 4) is 0 Å². The third-order valence-corrected chi connectivity index (χ3v) is 7.23. The molecule has 0 saturated carbocycles. The maximum Gasteiger partial charge on any atom is 0.332 e. The van der Waals surface area contributed by atoms with Crippen molar-refractivity contribution in [3.05, 3.63) is 35.4 Å². The van der Waals surface area contributed by atoms with Gasteiger partial charge in [-0.25, -0.2) is 9.78 Å². The lowest BCUT2D eigenvalue weighted by atomic mass is 9.65. The van der Waals surface area contributed by atoms with Gasteiger partial charge in [0.25, 0.3) is 17.6 Å². The second-order valence-electron chi connectivity index (χ2n) is 9.23. The van der Waals surface area contributed by atoms with Crippen LogP contribution in [0.3, 0.4) is 0 Å². The predicted octanol–water partition coefficient (Wildman–Crippen LogP) is 2.16. The number of pyridine rings is 1. The molecule has 0 radical (unpaired) electrons. The molecule has 0 unspecified atom stereocenters. The number of hydrogen-bond acceptors (Lipinski definition) is 4. The van der Waals surface area contributed by atoms with Gasteiger partial charge < -0.3 is 0 Å². The van der Waals surface area contributed by atoms with Crippen LogP contribution in [0.2, 0.25) is 0 Å². The molecular weight excluding hydrogens is 380 g/mol. The number of nitrogens with one attached hydrogen (secondary N) is 1. The molecule has 2 atom stereocenters. The summed E-state index contributed by atoms with van der Waals surface area (Å²) in [5.41, 5.74) is 1.88. The van der Waals surface area contributed by atoms with E-state index < -0.39 is 11.4 Å². The van der Waals surface area contributed by atoms with E-state index in [1.165, 1.54) is 14.1 Å². The summed E-state index contributed by atoms with van der Waals surface area (Å²) >= 11 is 0. The third kappa shape index (κ3) is 2.38. The molecule has 3 aliphatic rings. The van der Waals surface area contributed by atoms with E-state index in [9.17, 15) is 14.4 Å². The molecule has 1 aromatic heterocycles. The normalized spacial score (nSPS) is 25.7. The Morgan fingerprint density at radius 2 is 1.77 bits per heavy atom. The summed E-state index contributed by atoms with van der Waals surface area (Å²) in [5, 5.41) is 1.06. The first-order valence-electron chi connectivity index (χ1n) is 10.6. The monoisotopic (exact) mass is 407 g/mol. The van der Waals surface area contributed by atoms with Crippen LogP contribution < -0.4 is 9.88 Å². The minimum Gasteiger partial charge on any atom is -0.273 e. The number of fused-ring (bicyclic) bond motifs is 5. The number of hydrogen-bond donors (Lipinski definition) is 0. The number of amides is 4. The number of imide groups is 2. The van der Waals surface area contributed by atoms with E-state index in [0.717, 1.165) is 57.0 Å².